The number of benzene rings is 1. The number of hydrogen-bond acceptors (Lipinski definition) is 1. The number of hydrogen-bond donors (Lipinski definition) is 1. The lowest BCUT2D eigenvalue weighted by Crippen LogP contribution is -2.37. The summed E-state index contributed by atoms with van der Waals surface area (Å²) in [5.74, 6) is -0.0195. The van der Waals surface area contributed by atoms with Crippen LogP contribution in [0.25, 0.3) is 0 Å². The third-order valence-electron chi connectivity index (χ3n) is 4.58. The molecule has 3 atom stereocenters. The maximum Gasteiger partial charge on any atom is 0.132 e. The van der Waals surface area contributed by atoms with Gasteiger partial charge in [-0.3, -0.25) is 0 Å². The number of aryl methyl sites for hydroxylation is 1. The van der Waals surface area contributed by atoms with E-state index in [0.29, 0.717) is 17.4 Å². The highest BCUT2D eigenvalue weighted by atomic mass is 19.1. The molecule has 1 aliphatic rings. The van der Waals surface area contributed by atoms with E-state index in [1.807, 2.05) is 0 Å². The topological polar surface area (TPSA) is 26.0 Å². The Labute approximate surface area is 114 Å². The minimum atomic E-state index is -0.451. The molecule has 0 bridgehead atoms. The summed E-state index contributed by atoms with van der Waals surface area (Å²) in [6, 6.07) is 2.71. The molecule has 19 heavy (non-hydrogen) atoms. The van der Waals surface area contributed by atoms with Crippen molar-refractivity contribution in [1.29, 1.82) is 0 Å². The first-order chi connectivity index (χ1) is 8.91. The summed E-state index contributed by atoms with van der Waals surface area (Å²) in [6.07, 6.45) is 2.70. The zero-order valence-electron chi connectivity index (χ0n) is 11.9. The molecule has 0 radical (unpaired) electrons. The number of rotatable bonds is 2. The van der Waals surface area contributed by atoms with Gasteiger partial charge in [-0.15, -0.1) is 0 Å². The average Bonchev–Trinajstić information content (AvgIpc) is 2.36. The molecule has 2 rings (SSSR count). The molecule has 1 aromatic carbocycles. The smallest absolute Gasteiger partial charge is 0.132 e. The second-order valence-electron chi connectivity index (χ2n) is 6.18. The molecular weight excluding hydrogens is 244 g/mol. The Bertz CT molecular complexity index is 456. The van der Waals surface area contributed by atoms with Crippen molar-refractivity contribution >= 4 is 0 Å². The predicted octanol–water partition coefficient (Wildman–Crippen LogP) is 4.14. The van der Waals surface area contributed by atoms with Gasteiger partial charge in [-0.1, -0.05) is 19.9 Å². The average molecular weight is 267 g/mol. The van der Waals surface area contributed by atoms with Gasteiger partial charge >= 0.3 is 0 Å². The monoisotopic (exact) mass is 267 g/mol. The van der Waals surface area contributed by atoms with Crippen molar-refractivity contribution in [3.63, 3.8) is 0 Å². The summed E-state index contributed by atoms with van der Waals surface area (Å²) in [5, 5.41) is 0. The van der Waals surface area contributed by atoms with E-state index in [1.165, 1.54) is 12.1 Å². The van der Waals surface area contributed by atoms with E-state index < -0.39 is 11.6 Å². The van der Waals surface area contributed by atoms with Gasteiger partial charge in [0, 0.05) is 17.5 Å². The van der Waals surface area contributed by atoms with Crippen molar-refractivity contribution < 1.29 is 8.78 Å². The molecule has 1 aliphatic carbocycles. The summed E-state index contributed by atoms with van der Waals surface area (Å²) in [5.41, 5.74) is 6.83. The molecular formula is C16H23F2N. The zero-order valence-corrected chi connectivity index (χ0v) is 11.9. The van der Waals surface area contributed by atoms with E-state index >= 15 is 0 Å². The highest BCUT2D eigenvalue weighted by molar-refractivity contribution is 5.31. The van der Waals surface area contributed by atoms with Gasteiger partial charge in [0.05, 0.1) is 0 Å². The normalized spacial score (nSPS) is 27.8. The predicted molar refractivity (Wildman–Crippen MR) is 74.0 cm³/mol. The van der Waals surface area contributed by atoms with E-state index in [0.717, 1.165) is 19.3 Å². The SMILES string of the molecule is Cc1ccc(F)c(C2CC(C(C)C)CCC2N)c1F. The van der Waals surface area contributed by atoms with Crippen molar-refractivity contribution in [3.05, 3.63) is 34.9 Å². The Hall–Kier alpha value is -0.960. The van der Waals surface area contributed by atoms with Crippen molar-refractivity contribution in [2.24, 2.45) is 17.6 Å². The van der Waals surface area contributed by atoms with E-state index in [4.69, 9.17) is 5.73 Å². The van der Waals surface area contributed by atoms with Gasteiger partial charge in [-0.25, -0.2) is 8.78 Å². The van der Waals surface area contributed by atoms with Gasteiger partial charge in [0.1, 0.15) is 11.6 Å². The summed E-state index contributed by atoms with van der Waals surface area (Å²) < 4.78 is 28.3. The molecule has 3 heteroatoms. The molecule has 1 saturated carbocycles. The molecule has 0 amide bonds. The third-order valence-corrected chi connectivity index (χ3v) is 4.58. The van der Waals surface area contributed by atoms with Gasteiger partial charge < -0.3 is 5.73 Å². The molecule has 3 unspecified atom stereocenters. The van der Waals surface area contributed by atoms with Crippen LogP contribution in [0.3, 0.4) is 0 Å². The second-order valence-corrected chi connectivity index (χ2v) is 6.18. The van der Waals surface area contributed by atoms with Crippen molar-refractivity contribution in [1.82, 2.24) is 0 Å². The fourth-order valence-electron chi connectivity index (χ4n) is 3.18. The number of halogens is 2. The minimum Gasteiger partial charge on any atom is -0.327 e. The molecule has 0 heterocycles. The van der Waals surface area contributed by atoms with Gasteiger partial charge in [0.2, 0.25) is 0 Å². The standard InChI is InChI=1S/C16H23F2N/c1-9(2)11-5-7-14(19)12(8-11)15-13(17)6-4-10(3)16(15)18/h4,6,9,11-12,14H,5,7-8,19H2,1-3H3. The van der Waals surface area contributed by atoms with Crippen LogP contribution >= 0.6 is 0 Å². The second kappa shape index (κ2) is 5.58. The maximum atomic E-state index is 14.3. The van der Waals surface area contributed by atoms with Gasteiger partial charge in [0.25, 0.3) is 0 Å². The Balaban J connectivity index is 2.36. The Morgan fingerprint density at radius 3 is 2.53 bits per heavy atom. The van der Waals surface area contributed by atoms with Crippen molar-refractivity contribution in [2.45, 2.75) is 52.0 Å². The molecule has 1 nitrogen and oxygen atoms in total. The Kier molecular flexibility index (Phi) is 4.24. The first-order valence-electron chi connectivity index (χ1n) is 7.12. The lowest BCUT2D eigenvalue weighted by atomic mass is 9.71. The van der Waals surface area contributed by atoms with Crippen LogP contribution in [0.5, 0.6) is 0 Å². The minimum absolute atomic E-state index is 0.138. The molecule has 0 saturated heterocycles. The van der Waals surface area contributed by atoms with Crippen molar-refractivity contribution in [3.8, 4) is 0 Å². The van der Waals surface area contributed by atoms with Crippen molar-refractivity contribution in [2.75, 3.05) is 0 Å². The van der Waals surface area contributed by atoms with Crippen LogP contribution in [0.4, 0.5) is 8.78 Å². The fourth-order valence-corrected chi connectivity index (χ4v) is 3.18. The van der Waals surface area contributed by atoms with E-state index in [-0.39, 0.29) is 17.5 Å². The fraction of sp³-hybridized carbons (Fsp3) is 0.625. The lowest BCUT2D eigenvalue weighted by molar-refractivity contribution is 0.227. The van der Waals surface area contributed by atoms with Crippen LogP contribution in [0.2, 0.25) is 0 Å². The van der Waals surface area contributed by atoms with E-state index in [9.17, 15) is 8.78 Å². The Morgan fingerprint density at radius 2 is 1.89 bits per heavy atom. The van der Waals surface area contributed by atoms with E-state index in [2.05, 4.69) is 13.8 Å². The maximum absolute atomic E-state index is 14.3. The molecule has 2 N–H and O–H groups in total. The lowest BCUT2D eigenvalue weighted by Gasteiger charge is -2.36. The first kappa shape index (κ1) is 14.4. The van der Waals surface area contributed by atoms with E-state index in [1.54, 1.807) is 6.92 Å². The third kappa shape index (κ3) is 2.81. The quantitative estimate of drug-likeness (QED) is 0.856. The summed E-state index contributed by atoms with van der Waals surface area (Å²) in [7, 11) is 0. The van der Waals surface area contributed by atoms with Crippen LogP contribution in [0.1, 0.15) is 50.2 Å². The summed E-state index contributed by atoms with van der Waals surface area (Å²) in [4.78, 5) is 0. The van der Waals surface area contributed by atoms with Crippen LogP contribution in [-0.4, -0.2) is 6.04 Å². The molecule has 1 aromatic rings. The zero-order chi connectivity index (χ0) is 14.2. The Morgan fingerprint density at radius 1 is 1.21 bits per heavy atom. The summed E-state index contributed by atoms with van der Waals surface area (Å²) >= 11 is 0. The summed E-state index contributed by atoms with van der Waals surface area (Å²) in [6.45, 7) is 6.01. The van der Waals surface area contributed by atoms with Crippen LogP contribution in [0.15, 0.2) is 12.1 Å². The molecule has 0 aromatic heterocycles. The molecule has 1 fully saturated rings. The molecule has 0 aliphatic heterocycles. The van der Waals surface area contributed by atoms with Crippen LogP contribution < -0.4 is 5.73 Å². The highest BCUT2D eigenvalue weighted by Crippen LogP contribution is 2.40. The first-order valence-corrected chi connectivity index (χ1v) is 7.12. The number of nitrogens with two attached hydrogens (primary N) is 1. The van der Waals surface area contributed by atoms with Gasteiger partial charge in [0.15, 0.2) is 0 Å². The van der Waals surface area contributed by atoms with Gasteiger partial charge in [-0.2, -0.15) is 0 Å². The van der Waals surface area contributed by atoms with Crippen LogP contribution in [-0.2, 0) is 0 Å². The molecule has 106 valence electrons. The van der Waals surface area contributed by atoms with Gasteiger partial charge in [-0.05, 0) is 49.7 Å². The highest BCUT2D eigenvalue weighted by Gasteiger charge is 2.34. The molecule has 0 spiro atoms. The van der Waals surface area contributed by atoms with Crippen LogP contribution in [0, 0.1) is 30.4 Å². The largest absolute Gasteiger partial charge is 0.327 e.